The lowest BCUT2D eigenvalue weighted by molar-refractivity contribution is 0.101. The molecule has 3 heteroatoms. The zero-order valence-electron chi connectivity index (χ0n) is 12.4. The van der Waals surface area contributed by atoms with Crippen molar-refractivity contribution in [1.29, 1.82) is 0 Å². The van der Waals surface area contributed by atoms with E-state index >= 15 is 0 Å². The normalized spacial score (nSPS) is 22.6. The van der Waals surface area contributed by atoms with Gasteiger partial charge >= 0.3 is 0 Å². The summed E-state index contributed by atoms with van der Waals surface area (Å²) in [5.41, 5.74) is 2.76. The van der Waals surface area contributed by atoms with Crippen LogP contribution in [-0.4, -0.2) is 26.4 Å². The van der Waals surface area contributed by atoms with Gasteiger partial charge in [-0.2, -0.15) is 0 Å². The predicted octanol–water partition coefficient (Wildman–Crippen LogP) is 3.23. The highest BCUT2D eigenvalue weighted by Gasteiger charge is 2.18. The Kier molecular flexibility index (Phi) is 4.58. The summed E-state index contributed by atoms with van der Waals surface area (Å²) in [4.78, 5) is 0. The maximum Gasteiger partial charge on any atom is 0.122 e. The summed E-state index contributed by atoms with van der Waals surface area (Å²) < 4.78 is 11.3. The number of rotatable bonds is 6. The molecule has 0 aliphatic carbocycles. The van der Waals surface area contributed by atoms with E-state index in [2.05, 4.69) is 30.6 Å². The summed E-state index contributed by atoms with van der Waals surface area (Å²) in [6.07, 6.45) is 7.66. The van der Waals surface area contributed by atoms with Gasteiger partial charge in [0.15, 0.2) is 0 Å². The van der Waals surface area contributed by atoms with Gasteiger partial charge in [-0.3, -0.25) is 0 Å². The Labute approximate surface area is 121 Å². The molecular weight excluding hydrogens is 250 g/mol. The first kappa shape index (κ1) is 13.9. The summed E-state index contributed by atoms with van der Waals surface area (Å²) in [5.74, 6) is 1.07. The number of fused-ring (bicyclic) bond motifs is 1. The molecular formula is C17H25NO2. The first-order valence-corrected chi connectivity index (χ1v) is 7.91. The Hall–Kier alpha value is -1.06. The van der Waals surface area contributed by atoms with Gasteiger partial charge in [-0.25, -0.2) is 0 Å². The Bertz CT molecular complexity index is 441. The van der Waals surface area contributed by atoms with Crippen LogP contribution in [0.15, 0.2) is 18.2 Å². The summed E-state index contributed by atoms with van der Waals surface area (Å²) in [7, 11) is 2.06. The standard InChI is InChI=1S/C17H25NO2/c1-18-16(6-2-4-15-5-3-10-19-15)13-7-8-17-14(12-13)9-11-20-17/h7-8,12,15-16,18H,2-6,9-11H2,1H3. The Balaban J connectivity index is 1.55. The largest absolute Gasteiger partial charge is 0.493 e. The topological polar surface area (TPSA) is 30.5 Å². The zero-order valence-corrected chi connectivity index (χ0v) is 12.4. The van der Waals surface area contributed by atoms with E-state index in [4.69, 9.17) is 9.47 Å². The van der Waals surface area contributed by atoms with Crippen molar-refractivity contribution in [3.63, 3.8) is 0 Å². The van der Waals surface area contributed by atoms with Crippen LogP contribution >= 0.6 is 0 Å². The van der Waals surface area contributed by atoms with Crippen molar-refractivity contribution in [2.45, 2.75) is 50.7 Å². The van der Waals surface area contributed by atoms with Gasteiger partial charge in [0.2, 0.25) is 0 Å². The molecule has 1 aromatic carbocycles. The van der Waals surface area contributed by atoms with E-state index in [1.54, 1.807) is 0 Å². The van der Waals surface area contributed by atoms with Crippen molar-refractivity contribution < 1.29 is 9.47 Å². The van der Waals surface area contributed by atoms with Crippen molar-refractivity contribution in [3.05, 3.63) is 29.3 Å². The molecule has 0 amide bonds. The lowest BCUT2D eigenvalue weighted by Crippen LogP contribution is -2.17. The van der Waals surface area contributed by atoms with Crippen LogP contribution in [0.2, 0.25) is 0 Å². The minimum absolute atomic E-state index is 0.447. The van der Waals surface area contributed by atoms with E-state index in [0.29, 0.717) is 12.1 Å². The van der Waals surface area contributed by atoms with Crippen molar-refractivity contribution >= 4 is 0 Å². The average molecular weight is 275 g/mol. The second-order valence-electron chi connectivity index (χ2n) is 5.87. The first-order chi connectivity index (χ1) is 9.86. The van der Waals surface area contributed by atoms with Gasteiger partial charge in [0, 0.05) is 19.1 Å². The Morgan fingerprint density at radius 1 is 1.35 bits per heavy atom. The number of nitrogens with one attached hydrogen (secondary N) is 1. The summed E-state index contributed by atoms with van der Waals surface area (Å²) in [6, 6.07) is 7.09. The lowest BCUT2D eigenvalue weighted by atomic mass is 9.97. The second kappa shape index (κ2) is 6.59. The molecule has 2 heterocycles. The molecule has 3 nitrogen and oxygen atoms in total. The van der Waals surface area contributed by atoms with Crippen LogP contribution in [0.5, 0.6) is 5.75 Å². The van der Waals surface area contributed by atoms with Gasteiger partial charge in [0.1, 0.15) is 5.75 Å². The molecule has 0 aromatic heterocycles. The van der Waals surface area contributed by atoms with Gasteiger partial charge < -0.3 is 14.8 Å². The first-order valence-electron chi connectivity index (χ1n) is 7.91. The third-order valence-electron chi connectivity index (χ3n) is 4.51. The van der Waals surface area contributed by atoms with Crippen molar-refractivity contribution in [1.82, 2.24) is 5.32 Å². The zero-order chi connectivity index (χ0) is 13.8. The number of hydrogen-bond donors (Lipinski definition) is 1. The van der Waals surface area contributed by atoms with Crippen LogP contribution in [0, 0.1) is 0 Å². The van der Waals surface area contributed by atoms with Crippen LogP contribution in [-0.2, 0) is 11.2 Å². The molecule has 1 fully saturated rings. The maximum atomic E-state index is 5.70. The molecule has 1 N–H and O–H groups in total. The molecule has 20 heavy (non-hydrogen) atoms. The molecule has 2 atom stereocenters. The quantitative estimate of drug-likeness (QED) is 0.864. The van der Waals surface area contributed by atoms with Crippen molar-refractivity contribution in [2.75, 3.05) is 20.3 Å². The summed E-state index contributed by atoms with van der Waals surface area (Å²) >= 11 is 0. The third-order valence-corrected chi connectivity index (χ3v) is 4.51. The molecule has 0 spiro atoms. The number of hydrogen-bond acceptors (Lipinski definition) is 3. The molecule has 0 saturated carbocycles. The minimum atomic E-state index is 0.447. The molecule has 0 bridgehead atoms. The van der Waals surface area contributed by atoms with E-state index in [9.17, 15) is 0 Å². The van der Waals surface area contributed by atoms with Gasteiger partial charge in [-0.05, 0) is 56.3 Å². The smallest absolute Gasteiger partial charge is 0.122 e. The van der Waals surface area contributed by atoms with Gasteiger partial charge in [-0.1, -0.05) is 12.1 Å². The highest BCUT2D eigenvalue weighted by molar-refractivity contribution is 5.40. The Morgan fingerprint density at radius 2 is 2.30 bits per heavy atom. The molecule has 110 valence electrons. The second-order valence-corrected chi connectivity index (χ2v) is 5.87. The van der Waals surface area contributed by atoms with Crippen LogP contribution in [0.3, 0.4) is 0 Å². The molecule has 2 aliphatic heterocycles. The molecule has 2 aliphatic rings. The predicted molar refractivity (Wildman–Crippen MR) is 80.3 cm³/mol. The molecule has 1 aromatic rings. The molecule has 0 radical (unpaired) electrons. The lowest BCUT2D eigenvalue weighted by Gasteiger charge is -2.18. The molecule has 2 unspecified atom stereocenters. The number of ether oxygens (including phenoxy) is 2. The molecule has 3 rings (SSSR count). The van der Waals surface area contributed by atoms with Crippen LogP contribution in [0.1, 0.15) is 49.3 Å². The summed E-state index contributed by atoms with van der Waals surface area (Å²) in [6.45, 7) is 1.80. The van der Waals surface area contributed by atoms with E-state index < -0.39 is 0 Å². The van der Waals surface area contributed by atoms with Gasteiger partial charge in [-0.15, -0.1) is 0 Å². The van der Waals surface area contributed by atoms with E-state index in [1.165, 1.54) is 43.2 Å². The third kappa shape index (κ3) is 3.15. The highest BCUT2D eigenvalue weighted by atomic mass is 16.5. The van der Waals surface area contributed by atoms with Crippen molar-refractivity contribution in [3.8, 4) is 5.75 Å². The monoisotopic (exact) mass is 275 g/mol. The van der Waals surface area contributed by atoms with Crippen LogP contribution < -0.4 is 10.1 Å². The van der Waals surface area contributed by atoms with E-state index in [0.717, 1.165) is 25.4 Å². The van der Waals surface area contributed by atoms with E-state index in [-0.39, 0.29) is 0 Å². The minimum Gasteiger partial charge on any atom is -0.493 e. The summed E-state index contributed by atoms with van der Waals surface area (Å²) in [5, 5.41) is 3.45. The van der Waals surface area contributed by atoms with Gasteiger partial charge in [0.05, 0.1) is 12.7 Å². The average Bonchev–Trinajstić information content (AvgIpc) is 3.13. The van der Waals surface area contributed by atoms with Crippen LogP contribution in [0.25, 0.3) is 0 Å². The van der Waals surface area contributed by atoms with Gasteiger partial charge in [0.25, 0.3) is 0 Å². The van der Waals surface area contributed by atoms with Crippen molar-refractivity contribution in [2.24, 2.45) is 0 Å². The van der Waals surface area contributed by atoms with Crippen LogP contribution in [0.4, 0.5) is 0 Å². The fraction of sp³-hybridized carbons (Fsp3) is 0.647. The fourth-order valence-corrected chi connectivity index (χ4v) is 3.32. The Morgan fingerprint density at radius 3 is 3.10 bits per heavy atom. The highest BCUT2D eigenvalue weighted by Crippen LogP contribution is 2.30. The molecule has 1 saturated heterocycles. The maximum absolute atomic E-state index is 5.70. The SMILES string of the molecule is CNC(CCCC1CCCO1)c1ccc2c(c1)CCO2. The fourth-order valence-electron chi connectivity index (χ4n) is 3.32. The van der Waals surface area contributed by atoms with E-state index in [1.807, 2.05) is 0 Å². The number of benzene rings is 1.